The highest BCUT2D eigenvalue weighted by atomic mass is 16.1. The van der Waals surface area contributed by atoms with Gasteiger partial charge in [-0.3, -0.25) is 9.59 Å². The zero-order valence-corrected chi connectivity index (χ0v) is 8.65. The van der Waals surface area contributed by atoms with Gasteiger partial charge < -0.3 is 4.57 Å². The SMILES string of the molecule is Cc1ccc2cc(C=O)n(C)c(=O)c2c1. The molecule has 0 radical (unpaired) electrons. The Hall–Kier alpha value is -1.90. The highest BCUT2D eigenvalue weighted by molar-refractivity contribution is 5.87. The Morgan fingerprint density at radius 3 is 2.67 bits per heavy atom. The number of hydrogen-bond acceptors (Lipinski definition) is 2. The van der Waals surface area contributed by atoms with Gasteiger partial charge in [0.15, 0.2) is 6.29 Å². The first-order valence-electron chi connectivity index (χ1n) is 4.69. The van der Waals surface area contributed by atoms with Gasteiger partial charge in [0.25, 0.3) is 5.56 Å². The zero-order chi connectivity index (χ0) is 11.0. The molecule has 3 heteroatoms. The van der Waals surface area contributed by atoms with E-state index < -0.39 is 0 Å². The van der Waals surface area contributed by atoms with Crippen LogP contribution in [0.4, 0.5) is 0 Å². The number of fused-ring (bicyclic) bond motifs is 1. The molecule has 0 fully saturated rings. The standard InChI is InChI=1S/C12H11NO2/c1-8-3-4-9-6-10(7-14)13(2)12(15)11(9)5-8/h3-7H,1-2H3. The van der Waals surface area contributed by atoms with Crippen molar-refractivity contribution in [3.63, 3.8) is 0 Å². The van der Waals surface area contributed by atoms with Gasteiger partial charge in [-0.1, -0.05) is 17.7 Å². The molecule has 15 heavy (non-hydrogen) atoms. The van der Waals surface area contributed by atoms with Crippen LogP contribution in [0.5, 0.6) is 0 Å². The van der Waals surface area contributed by atoms with Crippen molar-refractivity contribution in [1.29, 1.82) is 0 Å². The molecule has 0 saturated heterocycles. The lowest BCUT2D eigenvalue weighted by Crippen LogP contribution is -2.20. The molecule has 76 valence electrons. The van der Waals surface area contributed by atoms with Crippen molar-refractivity contribution >= 4 is 17.1 Å². The van der Waals surface area contributed by atoms with Gasteiger partial charge in [0, 0.05) is 12.4 Å². The summed E-state index contributed by atoms with van der Waals surface area (Å²) >= 11 is 0. The molecule has 3 nitrogen and oxygen atoms in total. The number of rotatable bonds is 1. The monoisotopic (exact) mass is 201 g/mol. The van der Waals surface area contributed by atoms with Gasteiger partial charge in [-0.2, -0.15) is 0 Å². The molecule has 0 aliphatic heterocycles. The third kappa shape index (κ3) is 1.46. The van der Waals surface area contributed by atoms with Crippen molar-refractivity contribution in [3.8, 4) is 0 Å². The van der Waals surface area contributed by atoms with Crippen molar-refractivity contribution in [2.75, 3.05) is 0 Å². The second-order valence-electron chi connectivity index (χ2n) is 3.64. The maximum atomic E-state index is 11.9. The van der Waals surface area contributed by atoms with Gasteiger partial charge in [-0.05, 0) is 24.4 Å². The molecule has 2 aromatic rings. The summed E-state index contributed by atoms with van der Waals surface area (Å²) in [6.07, 6.45) is 0.695. The van der Waals surface area contributed by atoms with Crippen LogP contribution < -0.4 is 5.56 Å². The minimum Gasteiger partial charge on any atom is -0.308 e. The molecule has 1 heterocycles. The lowest BCUT2D eigenvalue weighted by molar-refractivity contribution is 0.111. The van der Waals surface area contributed by atoms with Crippen LogP contribution in [0, 0.1) is 6.92 Å². The van der Waals surface area contributed by atoms with Crippen LogP contribution in [-0.2, 0) is 7.05 Å². The Labute approximate surface area is 87.0 Å². The second kappa shape index (κ2) is 3.35. The second-order valence-corrected chi connectivity index (χ2v) is 3.64. The van der Waals surface area contributed by atoms with E-state index in [1.165, 1.54) is 4.57 Å². The average molecular weight is 201 g/mol. The van der Waals surface area contributed by atoms with Crippen molar-refractivity contribution in [3.05, 3.63) is 45.9 Å². The predicted molar refractivity (Wildman–Crippen MR) is 59.3 cm³/mol. The summed E-state index contributed by atoms with van der Waals surface area (Å²) in [6, 6.07) is 7.35. The molecule has 2 rings (SSSR count). The van der Waals surface area contributed by atoms with E-state index >= 15 is 0 Å². The largest absolute Gasteiger partial charge is 0.308 e. The van der Waals surface area contributed by atoms with Gasteiger partial charge in [0.05, 0.1) is 5.69 Å². The van der Waals surface area contributed by atoms with Gasteiger partial charge >= 0.3 is 0 Å². The summed E-state index contributed by atoms with van der Waals surface area (Å²) in [4.78, 5) is 22.6. The summed E-state index contributed by atoms with van der Waals surface area (Å²) in [6.45, 7) is 1.94. The topological polar surface area (TPSA) is 39.1 Å². The van der Waals surface area contributed by atoms with Gasteiger partial charge in [-0.15, -0.1) is 0 Å². The summed E-state index contributed by atoms with van der Waals surface area (Å²) in [7, 11) is 1.60. The van der Waals surface area contributed by atoms with E-state index in [1.54, 1.807) is 13.1 Å². The quantitative estimate of drug-likeness (QED) is 0.658. The van der Waals surface area contributed by atoms with E-state index in [0.717, 1.165) is 10.9 Å². The van der Waals surface area contributed by atoms with Crippen molar-refractivity contribution in [2.45, 2.75) is 6.92 Å². The van der Waals surface area contributed by atoms with Gasteiger partial charge in [-0.25, -0.2) is 0 Å². The Morgan fingerprint density at radius 1 is 1.27 bits per heavy atom. The minimum atomic E-state index is -0.127. The van der Waals surface area contributed by atoms with E-state index in [9.17, 15) is 9.59 Å². The van der Waals surface area contributed by atoms with Crippen LogP contribution >= 0.6 is 0 Å². The number of aromatic nitrogens is 1. The number of benzene rings is 1. The molecule has 0 N–H and O–H groups in total. The first kappa shape index (κ1) is 9.65. The van der Waals surface area contributed by atoms with Crippen LogP contribution in [0.2, 0.25) is 0 Å². The number of nitrogens with zero attached hydrogens (tertiary/aromatic N) is 1. The molecule has 1 aromatic heterocycles. The smallest absolute Gasteiger partial charge is 0.258 e. The maximum absolute atomic E-state index is 11.9. The van der Waals surface area contributed by atoms with E-state index in [0.29, 0.717) is 17.4 Å². The Morgan fingerprint density at radius 2 is 2.00 bits per heavy atom. The Balaban J connectivity index is 2.97. The number of aryl methyl sites for hydroxylation is 1. The molecule has 1 aromatic carbocycles. The number of aldehydes is 1. The highest BCUT2D eigenvalue weighted by Gasteiger charge is 2.05. The van der Waals surface area contributed by atoms with Crippen LogP contribution in [0.1, 0.15) is 16.1 Å². The first-order chi connectivity index (χ1) is 7.13. The molecule has 0 aliphatic rings. The molecule has 0 saturated carbocycles. The van der Waals surface area contributed by atoms with E-state index in [4.69, 9.17) is 0 Å². The molecule has 0 spiro atoms. The summed E-state index contributed by atoms with van der Waals surface area (Å²) < 4.78 is 1.37. The normalized spacial score (nSPS) is 10.5. The first-order valence-corrected chi connectivity index (χ1v) is 4.69. The van der Waals surface area contributed by atoms with Crippen LogP contribution in [-0.4, -0.2) is 10.9 Å². The van der Waals surface area contributed by atoms with Gasteiger partial charge in [0.2, 0.25) is 0 Å². The fraction of sp³-hybridized carbons (Fsp3) is 0.167. The average Bonchev–Trinajstić information content (AvgIpc) is 2.24. The summed E-state index contributed by atoms with van der Waals surface area (Å²) in [5.41, 5.74) is 1.31. The summed E-state index contributed by atoms with van der Waals surface area (Å²) in [5, 5.41) is 1.47. The Kier molecular flexibility index (Phi) is 2.15. The Bertz CT molecular complexity index is 596. The predicted octanol–water partition coefficient (Wildman–Crippen LogP) is 1.66. The minimum absolute atomic E-state index is 0.127. The third-order valence-corrected chi connectivity index (χ3v) is 2.56. The van der Waals surface area contributed by atoms with Crippen LogP contribution in [0.3, 0.4) is 0 Å². The molecule has 0 aliphatic carbocycles. The molecule has 0 bridgehead atoms. The van der Waals surface area contributed by atoms with Crippen molar-refractivity contribution < 1.29 is 4.79 Å². The number of carbonyl (C=O) groups is 1. The maximum Gasteiger partial charge on any atom is 0.258 e. The number of hydrogen-bond donors (Lipinski definition) is 0. The highest BCUT2D eigenvalue weighted by Crippen LogP contribution is 2.12. The molecular weight excluding hydrogens is 190 g/mol. The third-order valence-electron chi connectivity index (χ3n) is 2.56. The lowest BCUT2D eigenvalue weighted by Gasteiger charge is -2.05. The zero-order valence-electron chi connectivity index (χ0n) is 8.65. The van der Waals surface area contributed by atoms with Gasteiger partial charge in [0.1, 0.15) is 0 Å². The molecular formula is C12H11NO2. The summed E-state index contributed by atoms with van der Waals surface area (Å²) in [5.74, 6) is 0. The molecule has 0 amide bonds. The van der Waals surface area contributed by atoms with Crippen LogP contribution in [0.25, 0.3) is 10.8 Å². The van der Waals surface area contributed by atoms with Crippen molar-refractivity contribution in [2.24, 2.45) is 7.05 Å². The fourth-order valence-electron chi connectivity index (χ4n) is 1.65. The lowest BCUT2D eigenvalue weighted by atomic mass is 10.1. The number of pyridine rings is 1. The van der Waals surface area contributed by atoms with Crippen molar-refractivity contribution in [1.82, 2.24) is 4.57 Å². The van der Waals surface area contributed by atoms with Crippen LogP contribution in [0.15, 0.2) is 29.1 Å². The molecule has 0 unspecified atom stereocenters. The molecule has 0 atom stereocenters. The fourth-order valence-corrected chi connectivity index (χ4v) is 1.65. The van der Waals surface area contributed by atoms with E-state index in [1.807, 2.05) is 25.1 Å². The van der Waals surface area contributed by atoms with E-state index in [2.05, 4.69) is 0 Å². The number of carbonyl (C=O) groups excluding carboxylic acids is 1. The van der Waals surface area contributed by atoms with E-state index in [-0.39, 0.29) is 5.56 Å².